The van der Waals surface area contributed by atoms with Gasteiger partial charge in [-0.05, 0) is 45.0 Å². The average Bonchev–Trinajstić information content (AvgIpc) is 2.60. The van der Waals surface area contributed by atoms with Crippen molar-refractivity contribution in [3.63, 3.8) is 0 Å². The van der Waals surface area contributed by atoms with Crippen molar-refractivity contribution in [3.05, 3.63) is 29.8 Å². The monoisotopic (exact) mass is 391 g/mol. The van der Waals surface area contributed by atoms with Crippen molar-refractivity contribution < 1.29 is 29.0 Å². The first-order valence-electron chi connectivity index (χ1n) is 9.56. The topological polar surface area (TPSA) is 93.1 Å². The number of carboxylic acid groups (broad SMARTS) is 1. The second-order valence-corrected chi connectivity index (χ2v) is 8.17. The number of likely N-dealkylation sites (tertiary alicyclic amines) is 1. The maximum Gasteiger partial charge on any atom is 0.410 e. The predicted octanol–water partition coefficient (Wildman–Crippen LogP) is 3.76. The number of rotatable bonds is 6. The van der Waals surface area contributed by atoms with Gasteiger partial charge in [0.25, 0.3) is 0 Å². The lowest BCUT2D eigenvalue weighted by molar-refractivity contribution is -0.137. The number of aliphatic carboxylic acids is 1. The molecule has 1 N–H and O–H groups in total. The van der Waals surface area contributed by atoms with E-state index in [1.807, 2.05) is 20.8 Å². The summed E-state index contributed by atoms with van der Waals surface area (Å²) >= 11 is 0. The molecule has 0 aromatic heterocycles. The van der Waals surface area contributed by atoms with E-state index in [2.05, 4.69) is 0 Å². The molecule has 2 rings (SSSR count). The Labute approximate surface area is 165 Å². The molecule has 0 spiro atoms. The third-order valence-corrected chi connectivity index (χ3v) is 4.46. The molecule has 1 atom stereocenters. The van der Waals surface area contributed by atoms with Gasteiger partial charge in [0.05, 0.1) is 6.42 Å². The Hall–Kier alpha value is -2.57. The quantitative estimate of drug-likeness (QED) is 0.742. The van der Waals surface area contributed by atoms with Gasteiger partial charge in [-0.2, -0.15) is 0 Å². The molecule has 28 heavy (non-hydrogen) atoms. The van der Waals surface area contributed by atoms with E-state index in [0.29, 0.717) is 37.2 Å². The number of hydrogen-bond donors (Lipinski definition) is 1. The van der Waals surface area contributed by atoms with Crippen LogP contribution >= 0.6 is 0 Å². The van der Waals surface area contributed by atoms with Gasteiger partial charge in [0.15, 0.2) is 5.78 Å². The van der Waals surface area contributed by atoms with Crippen LogP contribution in [0.4, 0.5) is 4.79 Å². The molecule has 0 saturated carbocycles. The Morgan fingerprint density at radius 2 is 1.71 bits per heavy atom. The summed E-state index contributed by atoms with van der Waals surface area (Å²) in [6.45, 7) is 8.29. The minimum Gasteiger partial charge on any atom is -0.490 e. The number of hydrogen-bond acceptors (Lipinski definition) is 5. The first kappa shape index (κ1) is 21.7. The third kappa shape index (κ3) is 6.55. The molecule has 1 aliphatic heterocycles. The number of amides is 1. The van der Waals surface area contributed by atoms with Crippen molar-refractivity contribution in [1.29, 1.82) is 0 Å². The molecule has 1 aromatic rings. The molecule has 7 nitrogen and oxygen atoms in total. The summed E-state index contributed by atoms with van der Waals surface area (Å²) in [5.41, 5.74) is -0.0354. The summed E-state index contributed by atoms with van der Waals surface area (Å²) in [6.07, 6.45) is 0.911. The normalized spacial score (nSPS) is 16.4. The molecule has 7 heteroatoms. The summed E-state index contributed by atoms with van der Waals surface area (Å²) in [5, 5.41) is 8.81. The Kier molecular flexibility index (Phi) is 7.05. The molecule has 0 radical (unpaired) electrons. The fraction of sp³-hybridized carbons (Fsp3) is 0.571. The second kappa shape index (κ2) is 9.08. The lowest BCUT2D eigenvalue weighted by Gasteiger charge is -2.33. The molecule has 1 aliphatic rings. The van der Waals surface area contributed by atoms with Crippen LogP contribution in [0.25, 0.3) is 0 Å². The van der Waals surface area contributed by atoms with Crippen molar-refractivity contribution in [2.45, 2.75) is 58.7 Å². The van der Waals surface area contributed by atoms with Crippen molar-refractivity contribution in [2.24, 2.45) is 5.92 Å². The summed E-state index contributed by atoms with van der Waals surface area (Å²) in [6, 6.07) is 6.76. The fourth-order valence-electron chi connectivity index (χ4n) is 3.01. The molecule has 1 heterocycles. The molecule has 1 saturated heterocycles. The highest BCUT2D eigenvalue weighted by Gasteiger charge is 2.27. The molecule has 0 bridgehead atoms. The Bertz CT molecular complexity index is 699. The second-order valence-electron chi connectivity index (χ2n) is 8.17. The van der Waals surface area contributed by atoms with Crippen LogP contribution in [0.5, 0.6) is 5.75 Å². The van der Waals surface area contributed by atoms with Crippen LogP contribution in [0, 0.1) is 5.92 Å². The zero-order valence-corrected chi connectivity index (χ0v) is 16.9. The van der Waals surface area contributed by atoms with E-state index in [1.165, 1.54) is 0 Å². The van der Waals surface area contributed by atoms with Crippen LogP contribution in [0.2, 0.25) is 0 Å². The maximum atomic E-state index is 12.2. The van der Waals surface area contributed by atoms with E-state index in [-0.39, 0.29) is 24.4 Å². The van der Waals surface area contributed by atoms with Gasteiger partial charge in [0, 0.05) is 37.4 Å². The molecule has 1 aromatic carbocycles. The van der Waals surface area contributed by atoms with E-state index in [0.717, 1.165) is 0 Å². The first-order chi connectivity index (χ1) is 13.0. The number of benzene rings is 1. The van der Waals surface area contributed by atoms with Crippen LogP contribution < -0.4 is 4.74 Å². The number of nitrogens with zero attached hydrogens (tertiary/aromatic N) is 1. The number of carbonyl (C=O) groups excluding carboxylic acids is 2. The van der Waals surface area contributed by atoms with Crippen LogP contribution in [-0.4, -0.2) is 52.6 Å². The molecule has 1 fully saturated rings. The van der Waals surface area contributed by atoms with Gasteiger partial charge in [0.1, 0.15) is 17.5 Å². The minimum absolute atomic E-state index is 0.00817. The highest BCUT2D eigenvalue weighted by atomic mass is 16.6. The molecule has 1 amide bonds. The van der Waals surface area contributed by atoms with E-state index in [9.17, 15) is 14.4 Å². The number of ether oxygens (including phenoxy) is 2. The Morgan fingerprint density at radius 3 is 2.21 bits per heavy atom. The van der Waals surface area contributed by atoms with Gasteiger partial charge in [-0.25, -0.2) is 4.79 Å². The molecule has 1 unspecified atom stereocenters. The van der Waals surface area contributed by atoms with Crippen molar-refractivity contribution in [2.75, 3.05) is 13.1 Å². The lowest BCUT2D eigenvalue weighted by Crippen LogP contribution is -2.44. The van der Waals surface area contributed by atoms with Crippen LogP contribution in [0.15, 0.2) is 24.3 Å². The number of ketones is 1. The number of Topliss-reactive ketones (excluding diaryl/α,β-unsaturated/α-hetero) is 1. The summed E-state index contributed by atoms with van der Waals surface area (Å²) < 4.78 is 11.3. The van der Waals surface area contributed by atoms with Gasteiger partial charge in [-0.3, -0.25) is 9.59 Å². The lowest BCUT2D eigenvalue weighted by atomic mass is 9.96. The van der Waals surface area contributed by atoms with Gasteiger partial charge in [0.2, 0.25) is 0 Å². The summed E-state index contributed by atoms with van der Waals surface area (Å²) in [4.78, 5) is 36.8. The van der Waals surface area contributed by atoms with Crippen molar-refractivity contribution in [1.82, 2.24) is 4.90 Å². The number of piperidine rings is 1. The van der Waals surface area contributed by atoms with Crippen LogP contribution in [0.1, 0.15) is 57.3 Å². The van der Waals surface area contributed by atoms with Gasteiger partial charge in [-0.15, -0.1) is 0 Å². The highest BCUT2D eigenvalue weighted by Crippen LogP contribution is 2.22. The van der Waals surface area contributed by atoms with E-state index in [4.69, 9.17) is 14.6 Å². The largest absolute Gasteiger partial charge is 0.490 e. The van der Waals surface area contributed by atoms with Crippen molar-refractivity contribution in [3.8, 4) is 5.75 Å². The third-order valence-electron chi connectivity index (χ3n) is 4.46. The van der Waals surface area contributed by atoms with Crippen LogP contribution in [0.3, 0.4) is 0 Å². The highest BCUT2D eigenvalue weighted by molar-refractivity contribution is 5.99. The van der Waals surface area contributed by atoms with Gasteiger partial charge < -0.3 is 19.5 Å². The minimum atomic E-state index is -0.987. The number of carbonyl (C=O) groups is 3. The summed E-state index contributed by atoms with van der Waals surface area (Å²) in [7, 11) is 0. The zero-order valence-electron chi connectivity index (χ0n) is 16.9. The Balaban J connectivity index is 1.84. The SMILES string of the molecule is CC(CC(=O)O)C(=O)c1ccc(OC2CCN(C(=O)OC(C)(C)C)CC2)cc1. The first-order valence-corrected chi connectivity index (χ1v) is 9.56. The van der Waals surface area contributed by atoms with E-state index in [1.54, 1.807) is 36.1 Å². The zero-order chi connectivity index (χ0) is 20.9. The molecular weight excluding hydrogens is 362 g/mol. The average molecular weight is 391 g/mol. The molecular formula is C21H29NO6. The van der Waals surface area contributed by atoms with Gasteiger partial charge >= 0.3 is 12.1 Å². The fourth-order valence-corrected chi connectivity index (χ4v) is 3.01. The number of carboxylic acids is 1. The molecule has 154 valence electrons. The van der Waals surface area contributed by atoms with Crippen molar-refractivity contribution >= 4 is 17.8 Å². The van der Waals surface area contributed by atoms with E-state index >= 15 is 0 Å². The standard InChI is InChI=1S/C21H29NO6/c1-14(13-18(23)24)19(25)15-5-7-16(8-6-15)27-17-9-11-22(12-10-17)20(26)28-21(2,3)4/h5-8,14,17H,9-13H2,1-4H3,(H,23,24). The van der Waals surface area contributed by atoms with E-state index < -0.39 is 17.5 Å². The predicted molar refractivity (Wildman–Crippen MR) is 104 cm³/mol. The maximum absolute atomic E-state index is 12.2. The smallest absolute Gasteiger partial charge is 0.410 e. The summed E-state index contributed by atoms with van der Waals surface area (Å²) in [5.74, 6) is -1.10. The van der Waals surface area contributed by atoms with Crippen LogP contribution in [-0.2, 0) is 9.53 Å². The molecule has 0 aliphatic carbocycles. The Morgan fingerprint density at radius 1 is 1.14 bits per heavy atom. The van der Waals surface area contributed by atoms with Gasteiger partial charge in [-0.1, -0.05) is 6.92 Å².